The predicted molar refractivity (Wildman–Crippen MR) is 96.3 cm³/mol. The number of rotatable bonds is 8. The number of amides is 1. The zero-order valence-electron chi connectivity index (χ0n) is 14.1. The molecule has 1 unspecified atom stereocenters. The van der Waals surface area contributed by atoms with Gasteiger partial charge in [0.05, 0.1) is 6.61 Å². The van der Waals surface area contributed by atoms with Crippen molar-refractivity contribution in [2.75, 3.05) is 12.9 Å². The van der Waals surface area contributed by atoms with Crippen molar-refractivity contribution in [3.63, 3.8) is 0 Å². The third-order valence-electron chi connectivity index (χ3n) is 3.61. The molecule has 0 fully saturated rings. The molecule has 0 aliphatic rings. The summed E-state index contributed by atoms with van der Waals surface area (Å²) in [6, 6.07) is 14.8. The molecule has 0 aliphatic carbocycles. The van der Waals surface area contributed by atoms with Gasteiger partial charge in [0.25, 0.3) is 5.91 Å². The Morgan fingerprint density at radius 2 is 1.75 bits per heavy atom. The van der Waals surface area contributed by atoms with Gasteiger partial charge in [0.15, 0.2) is 0 Å². The third kappa shape index (κ3) is 5.28. The van der Waals surface area contributed by atoms with E-state index in [4.69, 9.17) is 4.74 Å². The normalized spacial score (nSPS) is 11.9. The van der Waals surface area contributed by atoms with Gasteiger partial charge < -0.3 is 10.1 Å². The molecule has 0 aromatic heterocycles. The van der Waals surface area contributed by atoms with Crippen molar-refractivity contribution < 1.29 is 13.7 Å². The van der Waals surface area contributed by atoms with Gasteiger partial charge in [-0.2, -0.15) is 0 Å². The maximum Gasteiger partial charge on any atom is 0.251 e. The molecule has 0 saturated heterocycles. The van der Waals surface area contributed by atoms with Crippen molar-refractivity contribution in [2.45, 2.75) is 31.4 Å². The smallest absolute Gasteiger partial charge is 0.251 e. The van der Waals surface area contributed by atoms with Crippen molar-refractivity contribution in [3.05, 3.63) is 65.2 Å². The Kier molecular flexibility index (Phi) is 7.15. The standard InChI is InChI=1S/C19H23NO3S/c1-3-12-23-14-17-7-5-4-6-16(17)13-20-19(21)15-8-10-18(11-9-15)24(2)22/h4-11H,3,12-14H2,1-2H3,(H,20,21). The van der Waals surface area contributed by atoms with Gasteiger partial charge in [0.2, 0.25) is 0 Å². The second-order valence-corrected chi connectivity index (χ2v) is 6.86. The highest BCUT2D eigenvalue weighted by Crippen LogP contribution is 2.11. The van der Waals surface area contributed by atoms with Gasteiger partial charge in [-0.05, 0) is 41.8 Å². The highest BCUT2D eigenvalue weighted by molar-refractivity contribution is 7.84. The molecular weight excluding hydrogens is 322 g/mol. The lowest BCUT2D eigenvalue weighted by Crippen LogP contribution is -2.23. The van der Waals surface area contributed by atoms with E-state index < -0.39 is 10.8 Å². The molecule has 2 aromatic carbocycles. The summed E-state index contributed by atoms with van der Waals surface area (Å²) >= 11 is 0. The Morgan fingerprint density at radius 1 is 1.08 bits per heavy atom. The highest BCUT2D eigenvalue weighted by atomic mass is 32.2. The second kappa shape index (κ2) is 9.35. The van der Waals surface area contributed by atoms with Crippen LogP contribution in [0.2, 0.25) is 0 Å². The fourth-order valence-electron chi connectivity index (χ4n) is 2.27. The van der Waals surface area contributed by atoms with E-state index in [-0.39, 0.29) is 5.91 Å². The molecular formula is C19H23NO3S. The topological polar surface area (TPSA) is 55.4 Å². The summed E-state index contributed by atoms with van der Waals surface area (Å²) in [5, 5.41) is 2.92. The summed E-state index contributed by atoms with van der Waals surface area (Å²) in [7, 11) is -1.04. The molecule has 0 aliphatic heterocycles. The average Bonchev–Trinajstić information content (AvgIpc) is 2.61. The second-order valence-electron chi connectivity index (χ2n) is 5.48. The molecule has 4 nitrogen and oxygen atoms in total. The molecule has 1 atom stereocenters. The predicted octanol–water partition coefficient (Wildman–Crippen LogP) is 3.28. The summed E-state index contributed by atoms with van der Waals surface area (Å²) in [5.74, 6) is -0.146. The van der Waals surface area contributed by atoms with Crippen LogP contribution in [0.25, 0.3) is 0 Å². The van der Waals surface area contributed by atoms with Crippen molar-refractivity contribution in [3.8, 4) is 0 Å². The van der Waals surface area contributed by atoms with E-state index in [0.717, 1.165) is 24.2 Å². The molecule has 0 radical (unpaired) electrons. The van der Waals surface area contributed by atoms with Gasteiger partial charge >= 0.3 is 0 Å². The lowest BCUT2D eigenvalue weighted by Gasteiger charge is -2.11. The number of hydrogen-bond donors (Lipinski definition) is 1. The van der Waals surface area contributed by atoms with Crippen LogP contribution in [0.3, 0.4) is 0 Å². The first-order valence-corrected chi connectivity index (χ1v) is 9.54. The van der Waals surface area contributed by atoms with E-state index >= 15 is 0 Å². The fourth-order valence-corrected chi connectivity index (χ4v) is 2.79. The van der Waals surface area contributed by atoms with Crippen LogP contribution in [0, 0.1) is 0 Å². The Bertz CT molecular complexity index is 698. The van der Waals surface area contributed by atoms with Gasteiger partial charge in [0.1, 0.15) is 0 Å². The number of ether oxygens (including phenoxy) is 1. The molecule has 0 heterocycles. The molecule has 128 valence electrons. The number of benzene rings is 2. The molecule has 2 aromatic rings. The summed E-state index contributed by atoms with van der Waals surface area (Å²) < 4.78 is 17.0. The number of nitrogens with one attached hydrogen (secondary N) is 1. The summed E-state index contributed by atoms with van der Waals surface area (Å²) in [6.07, 6.45) is 2.60. The number of carbonyl (C=O) groups is 1. The monoisotopic (exact) mass is 345 g/mol. The SMILES string of the molecule is CCCOCc1ccccc1CNC(=O)c1ccc(S(C)=O)cc1. The Balaban J connectivity index is 1.97. The average molecular weight is 345 g/mol. The van der Waals surface area contributed by atoms with E-state index in [1.165, 1.54) is 0 Å². The van der Waals surface area contributed by atoms with Crippen LogP contribution < -0.4 is 5.32 Å². The maximum absolute atomic E-state index is 12.3. The van der Waals surface area contributed by atoms with Crippen LogP contribution in [0.4, 0.5) is 0 Å². The molecule has 5 heteroatoms. The molecule has 1 amide bonds. The first-order valence-electron chi connectivity index (χ1n) is 7.98. The van der Waals surface area contributed by atoms with Crippen LogP contribution in [0.15, 0.2) is 53.4 Å². The van der Waals surface area contributed by atoms with Gasteiger partial charge in [-0.15, -0.1) is 0 Å². The van der Waals surface area contributed by atoms with Crippen LogP contribution in [0.1, 0.15) is 34.8 Å². The Hall–Kier alpha value is -1.98. The first-order chi connectivity index (χ1) is 11.6. The van der Waals surface area contributed by atoms with Crippen LogP contribution in [0.5, 0.6) is 0 Å². The zero-order chi connectivity index (χ0) is 17.4. The lowest BCUT2D eigenvalue weighted by molar-refractivity contribution is 0.0949. The van der Waals surface area contributed by atoms with Crippen LogP contribution >= 0.6 is 0 Å². The minimum Gasteiger partial charge on any atom is -0.377 e. The van der Waals surface area contributed by atoms with E-state index in [2.05, 4.69) is 12.2 Å². The van der Waals surface area contributed by atoms with Crippen molar-refractivity contribution >= 4 is 16.7 Å². The van der Waals surface area contributed by atoms with E-state index in [9.17, 15) is 9.00 Å². The van der Waals surface area contributed by atoms with Gasteiger partial charge in [0, 0.05) is 40.7 Å². The Labute approximate surface area is 145 Å². The van der Waals surface area contributed by atoms with Gasteiger partial charge in [-0.3, -0.25) is 9.00 Å². The van der Waals surface area contributed by atoms with Crippen molar-refractivity contribution in [2.24, 2.45) is 0 Å². The molecule has 0 bridgehead atoms. The van der Waals surface area contributed by atoms with E-state index in [1.54, 1.807) is 30.5 Å². The largest absolute Gasteiger partial charge is 0.377 e. The summed E-state index contributed by atoms with van der Waals surface area (Å²) in [4.78, 5) is 13.0. The molecule has 2 rings (SSSR count). The molecule has 0 spiro atoms. The minimum atomic E-state index is -1.04. The van der Waals surface area contributed by atoms with Gasteiger partial charge in [-0.25, -0.2) is 0 Å². The van der Waals surface area contributed by atoms with Gasteiger partial charge in [-0.1, -0.05) is 31.2 Å². The third-order valence-corrected chi connectivity index (χ3v) is 4.55. The fraction of sp³-hybridized carbons (Fsp3) is 0.316. The molecule has 0 saturated carbocycles. The lowest BCUT2D eigenvalue weighted by atomic mass is 10.1. The van der Waals surface area contributed by atoms with E-state index in [0.29, 0.717) is 23.6 Å². The van der Waals surface area contributed by atoms with Crippen LogP contribution in [-0.4, -0.2) is 23.0 Å². The highest BCUT2D eigenvalue weighted by Gasteiger charge is 2.08. The Morgan fingerprint density at radius 3 is 2.38 bits per heavy atom. The maximum atomic E-state index is 12.3. The van der Waals surface area contributed by atoms with Crippen LogP contribution in [-0.2, 0) is 28.7 Å². The summed E-state index contributed by atoms with van der Waals surface area (Å²) in [6.45, 7) is 3.81. The number of hydrogen-bond acceptors (Lipinski definition) is 3. The molecule has 1 N–H and O–H groups in total. The quantitative estimate of drug-likeness (QED) is 0.747. The van der Waals surface area contributed by atoms with E-state index in [1.807, 2.05) is 24.3 Å². The number of carbonyl (C=O) groups excluding carboxylic acids is 1. The van der Waals surface area contributed by atoms with Crippen molar-refractivity contribution in [1.29, 1.82) is 0 Å². The zero-order valence-corrected chi connectivity index (χ0v) is 14.9. The molecule has 24 heavy (non-hydrogen) atoms. The minimum absolute atomic E-state index is 0.146. The van der Waals surface area contributed by atoms with Crippen molar-refractivity contribution in [1.82, 2.24) is 5.32 Å². The first kappa shape index (κ1) is 18.4. The summed E-state index contributed by atoms with van der Waals surface area (Å²) in [5.41, 5.74) is 2.69.